The first-order chi connectivity index (χ1) is 1.41. The van der Waals surface area contributed by atoms with E-state index in [9.17, 15) is 0 Å². The van der Waals surface area contributed by atoms with E-state index in [4.69, 9.17) is 0 Å². The van der Waals surface area contributed by atoms with Gasteiger partial charge in [-0.3, -0.25) is 0 Å². The molecule has 4 heavy (non-hydrogen) atoms. The Morgan fingerprint density at radius 2 is 1.75 bits per heavy atom. The molecule has 0 fully saturated rings. The fraction of sp³-hybridized carbons (Fsp3) is 0. The fourth-order valence-electron chi connectivity index (χ4n) is 0. The summed E-state index contributed by atoms with van der Waals surface area (Å²) in [5.74, 6) is 0. The van der Waals surface area contributed by atoms with Crippen molar-refractivity contribution >= 4 is 47.9 Å². The van der Waals surface area contributed by atoms with Gasteiger partial charge < -0.3 is 0 Å². The van der Waals surface area contributed by atoms with Crippen LogP contribution < -0.4 is 0 Å². The van der Waals surface area contributed by atoms with Crippen LogP contribution in [0.5, 0.6) is 0 Å². The van der Waals surface area contributed by atoms with Gasteiger partial charge in [0.1, 0.15) is 0 Å². The predicted octanol–water partition coefficient (Wildman–Crippen LogP) is -2.48. The summed E-state index contributed by atoms with van der Waals surface area (Å²) in [7, 11) is 0. The van der Waals surface area contributed by atoms with Crippen molar-refractivity contribution < 1.29 is 19.5 Å². The molecule has 0 aromatic heterocycles. The van der Waals surface area contributed by atoms with Gasteiger partial charge in [0.05, 0.1) is 0 Å². The summed E-state index contributed by atoms with van der Waals surface area (Å²) < 4.78 is 4.00. The Hall–Kier alpha value is 2.48. The van der Waals surface area contributed by atoms with Crippen molar-refractivity contribution in [3.63, 3.8) is 0 Å². The third-order valence-corrected chi connectivity index (χ3v) is 0. The largest absolute Gasteiger partial charge is 0 e. The van der Waals surface area contributed by atoms with Crippen molar-refractivity contribution in [2.75, 3.05) is 0 Å². The Morgan fingerprint density at radius 3 is 1.75 bits per heavy atom. The van der Waals surface area contributed by atoms with Crippen molar-refractivity contribution in [3.8, 4) is 0 Å². The van der Waals surface area contributed by atoms with Crippen molar-refractivity contribution in [3.05, 3.63) is 0 Å². The molecule has 0 aliphatic heterocycles. The quantitative estimate of drug-likeness (QED) is 0.415. The Morgan fingerprint density at radius 1 is 1.75 bits per heavy atom. The van der Waals surface area contributed by atoms with Crippen LogP contribution >= 0.6 is 0 Å². The molecule has 0 unspecified atom stereocenters. The Kier molecular flexibility index (Phi) is 22.0. The topological polar surface area (TPSA) is 0 Å². The van der Waals surface area contributed by atoms with E-state index >= 15 is 0 Å². The van der Waals surface area contributed by atoms with Crippen LogP contribution in [-0.2, 0) is 19.5 Å². The molecule has 0 heterocycles. The Labute approximate surface area is 65.6 Å². The van der Waals surface area contributed by atoms with E-state index in [1.54, 1.807) is 3.38 Å². The van der Waals surface area contributed by atoms with Crippen molar-refractivity contribution in [2.45, 2.75) is 0 Å². The summed E-state index contributed by atoms with van der Waals surface area (Å²) in [6.45, 7) is 0. The normalized spacial score (nSPS) is 3.00. The van der Waals surface area contributed by atoms with Crippen molar-refractivity contribution in [1.29, 1.82) is 0 Å². The first-order valence-corrected chi connectivity index (χ1v) is 20.6. The molecule has 4 heteroatoms. The van der Waals surface area contributed by atoms with Gasteiger partial charge in [0.25, 0.3) is 0 Å². The molecule has 0 N–H and O–H groups in total. The van der Waals surface area contributed by atoms with Crippen LogP contribution in [0.3, 0.4) is 0 Å². The van der Waals surface area contributed by atoms with E-state index in [2.05, 4.69) is 1.92 Å². The second-order valence-electron chi connectivity index (χ2n) is 0.707. The second-order valence-corrected chi connectivity index (χ2v) is 15.4. The summed E-state index contributed by atoms with van der Waals surface area (Å²) in [6, 6.07) is 0. The van der Waals surface area contributed by atoms with Crippen LogP contribution in [0.2, 0.25) is 0 Å². The van der Waals surface area contributed by atoms with Gasteiger partial charge >= 0.3 is 47.9 Å². The molecule has 0 saturated heterocycles. The Balaban J connectivity index is 0. The molecule has 0 aliphatic rings. The predicted molar refractivity (Wildman–Crippen MR) is 24.2 cm³/mol. The van der Waals surface area contributed by atoms with Gasteiger partial charge in [-0.2, -0.15) is 0 Å². The van der Waals surface area contributed by atoms with Gasteiger partial charge in [0.15, 0.2) is 0 Å². The molecular formula is H5BBaSiZn. The van der Waals surface area contributed by atoms with Gasteiger partial charge in [-0.05, 0) is 0 Å². The molecule has 0 aromatic rings. The van der Waals surface area contributed by atoms with Crippen LogP contribution in [0.1, 0.15) is 0 Å². The molecule has 0 atom stereocenters. The maximum absolute atomic E-state index is 2.41. The average molecular weight is 247 g/mol. The average Bonchev–Trinajstić information content (AvgIpc) is 0.918. The maximum atomic E-state index is 2.41. The molecule has 0 amide bonds. The zero-order valence-electron chi connectivity index (χ0n) is 3.41. The summed E-state index contributed by atoms with van der Waals surface area (Å²) in [5, 5.41) is 0. The molecule has 16 valence electrons. The maximum Gasteiger partial charge on any atom is 0 e. The number of rotatable bonds is 0. The summed E-state index contributed by atoms with van der Waals surface area (Å²) in [4.78, 5) is 0. The molecule has 0 rings (SSSR count). The van der Waals surface area contributed by atoms with Gasteiger partial charge in [-0.1, -0.05) is 0 Å². The number of hydrogen-bond donors (Lipinski definition) is 0. The third kappa shape index (κ3) is 8.82. The van der Waals surface area contributed by atoms with E-state index in [-0.39, 0.29) is 62.1 Å². The third-order valence-electron chi connectivity index (χ3n) is 0. The van der Waals surface area contributed by atoms with E-state index in [1.165, 1.54) is 0 Å². The zero-order valence-corrected chi connectivity index (χ0v) is 12.8. The monoisotopic (exact) mass is 246 g/mol. The minimum Gasteiger partial charge on any atom is 0 e. The summed E-state index contributed by atoms with van der Waals surface area (Å²) in [5.41, 5.74) is 0. The smallest absolute Gasteiger partial charge is 0 e. The molecular weight excluding hydrogens is 242 g/mol. The molecule has 0 nitrogen and oxygen atoms in total. The van der Waals surface area contributed by atoms with Crippen molar-refractivity contribution in [2.24, 2.45) is 0 Å². The van der Waals surface area contributed by atoms with E-state index < -0.39 is 0 Å². The summed E-state index contributed by atoms with van der Waals surface area (Å²) in [6.07, 6.45) is 0. The van der Waals surface area contributed by atoms with Gasteiger partial charge in [0.2, 0.25) is 0 Å². The molecule has 0 aliphatic carbocycles. The molecule has 0 saturated carbocycles. The molecule has 0 aromatic carbocycles. The van der Waals surface area contributed by atoms with E-state index in [1.807, 2.05) is 0 Å². The molecule has 0 radical (unpaired) electrons. The van der Waals surface area contributed by atoms with E-state index in [0.29, 0.717) is 0 Å². The second kappa shape index (κ2) is 9.08. The van der Waals surface area contributed by atoms with Crippen LogP contribution in [0.25, 0.3) is 0 Å². The first-order valence-electron chi connectivity index (χ1n) is 1.41. The van der Waals surface area contributed by atoms with Gasteiger partial charge in [-0.25, -0.2) is 0 Å². The van der Waals surface area contributed by atoms with Gasteiger partial charge in [0, 0.05) is 19.5 Å². The standard InChI is InChI=1S/BH2.Ba.H3Si.Zn/h1H2;;1H3;/q+1;-1;;. The minimum atomic E-state index is 0. The van der Waals surface area contributed by atoms with Crippen molar-refractivity contribution in [1.82, 2.24) is 0 Å². The molecule has 0 bridgehead atoms. The zero-order chi connectivity index (χ0) is 2.71. The fourth-order valence-corrected chi connectivity index (χ4v) is 0. The summed E-state index contributed by atoms with van der Waals surface area (Å²) >= 11 is 0.0556. The van der Waals surface area contributed by atoms with Crippen LogP contribution in [0, 0.1) is 0 Å². The first kappa shape index (κ1) is 9.69. The number of hydrogen-bond acceptors (Lipinski definition) is 0. The van der Waals surface area contributed by atoms with Crippen LogP contribution in [0.15, 0.2) is 0 Å². The van der Waals surface area contributed by atoms with Gasteiger partial charge in [-0.15, -0.1) is 0 Å². The van der Waals surface area contributed by atoms with E-state index in [0.717, 1.165) is 0 Å². The molecule has 0 spiro atoms. The SMILES string of the molecule is [BH2][Ba][SiH3].[Zn]. The van der Waals surface area contributed by atoms with Crippen LogP contribution in [-0.4, -0.2) is 47.9 Å². The van der Waals surface area contributed by atoms with Crippen LogP contribution in [0.4, 0.5) is 0 Å². The Bertz CT molecular complexity index is 8.00. The minimum absolute atomic E-state index is 0.